The molecule has 0 radical (unpaired) electrons. The molecule has 0 N–H and O–H groups in total. The van der Waals surface area contributed by atoms with E-state index >= 15 is 0 Å². The fraction of sp³-hybridized carbons (Fsp3) is 0.125. The summed E-state index contributed by atoms with van der Waals surface area (Å²) in [5.74, 6) is 5.87. The molecule has 0 aliphatic rings. The van der Waals surface area contributed by atoms with Crippen molar-refractivity contribution in [3.8, 4) is 11.8 Å². The van der Waals surface area contributed by atoms with Gasteiger partial charge in [-0.3, -0.25) is 0 Å². The van der Waals surface area contributed by atoms with E-state index in [0.717, 1.165) is 5.56 Å². The molecule has 1 aromatic carbocycles. The second kappa shape index (κ2) is 42.7. The van der Waals surface area contributed by atoms with Crippen molar-refractivity contribution in [2.75, 3.05) is 6.61 Å². The molecule has 6 nitrogen and oxygen atoms in total. The predicted molar refractivity (Wildman–Crippen MR) is 69.6 cm³/mol. The fourth-order valence-electron chi connectivity index (χ4n) is 0.812. The third-order valence-corrected chi connectivity index (χ3v) is 1.70. The molecule has 7 heteroatoms. The molecule has 0 saturated carbocycles. The Morgan fingerprint density at radius 2 is 1.30 bits per heavy atom. The molecule has 0 aromatic heterocycles. The third kappa shape index (κ3) is 33.0. The summed E-state index contributed by atoms with van der Waals surface area (Å²) >= 11 is 2.77. The third-order valence-electron chi connectivity index (χ3n) is 1.36. The molecule has 0 unspecified atom stereocenters. The molecule has 0 amide bonds. The van der Waals surface area contributed by atoms with E-state index < -0.39 is 0 Å². The van der Waals surface area contributed by atoms with Crippen molar-refractivity contribution < 1.29 is 43.8 Å². The van der Waals surface area contributed by atoms with E-state index in [9.17, 15) is 0 Å². The van der Waals surface area contributed by atoms with Gasteiger partial charge in [0.2, 0.25) is 0 Å². The molecule has 116 valence electrons. The van der Waals surface area contributed by atoms with Crippen LogP contribution in [0, 0.1) is 45.1 Å². The summed E-state index contributed by atoms with van der Waals surface area (Å²) in [5, 5.41) is 0. The van der Waals surface area contributed by atoms with E-state index in [4.69, 9.17) is 28.0 Å². The van der Waals surface area contributed by atoms with E-state index in [1.54, 1.807) is 0 Å². The first-order chi connectivity index (χ1) is 11.3. The number of hydrogen-bond donors (Lipinski definition) is 0. The molecular formula is C16H10CrO6. The molecule has 0 heterocycles. The van der Waals surface area contributed by atoms with Gasteiger partial charge >= 0.3 is 143 Å². The van der Waals surface area contributed by atoms with Gasteiger partial charge in [0.15, 0.2) is 0 Å². The van der Waals surface area contributed by atoms with Crippen LogP contribution >= 0.6 is 0 Å². The van der Waals surface area contributed by atoms with E-state index in [2.05, 4.69) is 60.9 Å². The molecule has 1 aromatic rings. The molecule has 0 saturated heterocycles. The normalized spacial score (nSPS) is 5.35. The van der Waals surface area contributed by atoms with Crippen LogP contribution < -0.4 is 0 Å². The maximum absolute atomic E-state index is 7.50. The zero-order valence-electron chi connectivity index (χ0n) is 12.0. The van der Waals surface area contributed by atoms with Crippen LogP contribution in [0.1, 0.15) is 12.5 Å². The molecule has 0 bridgehead atoms. The quantitative estimate of drug-likeness (QED) is 0.450. The Labute approximate surface area is 143 Å². The van der Waals surface area contributed by atoms with Crippen LogP contribution in [-0.2, 0) is 43.8 Å². The Hall–Kier alpha value is -2.16. The standard InChI is InChI=1S/C11H10O.5CO.Cr/c1-2-12-10-6-9-11-7-4-3-5-8-11;5*1-2;/h3-5,7-8H,2H2,1H3;;;;;;. The first-order valence-electron chi connectivity index (χ1n) is 5.09. The van der Waals surface area contributed by atoms with Crippen molar-refractivity contribution >= 4 is 4.57 Å². The average Bonchev–Trinajstić information content (AvgIpc) is 2.69. The van der Waals surface area contributed by atoms with Gasteiger partial charge in [-0.2, -0.15) is 0 Å². The minimum atomic E-state index is 0.645. The first-order valence-corrected chi connectivity index (χ1v) is 5.72. The second-order valence-corrected chi connectivity index (χ2v) is 2.92. The van der Waals surface area contributed by atoms with E-state index in [-0.39, 0.29) is 0 Å². The summed E-state index contributed by atoms with van der Waals surface area (Å²) < 4.78 is 43.3. The van der Waals surface area contributed by atoms with Gasteiger partial charge in [0.1, 0.15) is 0 Å². The zero-order chi connectivity index (χ0) is 19.5. The molecule has 0 aliphatic heterocycles. The molecule has 0 aliphatic carbocycles. The van der Waals surface area contributed by atoms with E-state index in [1.807, 2.05) is 37.3 Å². The van der Waals surface area contributed by atoms with Gasteiger partial charge in [0, 0.05) is 0 Å². The van der Waals surface area contributed by atoms with Crippen LogP contribution in [-0.4, -0.2) is 11.2 Å². The van der Waals surface area contributed by atoms with Crippen LogP contribution in [0.25, 0.3) is 0 Å². The molecule has 0 atom stereocenters. The SMILES string of the molecule is CCO[C](=[Cr])C#Cc1ccccc1.[C-]#[O+].[C-]#[O+].[C-]#[O+].[C-]#[O+].[C-]#[O+]. The number of rotatable bonds is 2. The van der Waals surface area contributed by atoms with Gasteiger partial charge in [-0.1, -0.05) is 0 Å². The molecule has 0 spiro atoms. The van der Waals surface area contributed by atoms with Gasteiger partial charge in [-0.15, -0.1) is 0 Å². The van der Waals surface area contributed by atoms with Gasteiger partial charge in [0.05, 0.1) is 0 Å². The zero-order valence-corrected chi connectivity index (χ0v) is 13.2. The predicted octanol–water partition coefficient (Wildman–Crippen LogP) is 1.56. The summed E-state index contributed by atoms with van der Waals surface area (Å²) in [6, 6.07) is 9.82. The first kappa shape index (κ1) is 32.7. The van der Waals surface area contributed by atoms with Crippen molar-refractivity contribution in [1.29, 1.82) is 0 Å². The topological polar surface area (TPSA) is 109 Å². The number of benzene rings is 1. The van der Waals surface area contributed by atoms with Crippen LogP contribution in [0.15, 0.2) is 30.3 Å². The summed E-state index contributed by atoms with van der Waals surface area (Å²) in [5.41, 5.74) is 0.995. The summed E-state index contributed by atoms with van der Waals surface area (Å²) in [4.78, 5) is 0. The van der Waals surface area contributed by atoms with Gasteiger partial charge in [0.25, 0.3) is 0 Å². The van der Waals surface area contributed by atoms with Gasteiger partial charge in [-0.25, -0.2) is 0 Å². The van der Waals surface area contributed by atoms with E-state index in [0.29, 0.717) is 11.2 Å². The van der Waals surface area contributed by atoms with Crippen molar-refractivity contribution in [2.45, 2.75) is 6.92 Å². The Morgan fingerprint density at radius 1 is 0.913 bits per heavy atom. The monoisotopic (exact) mass is 350 g/mol. The van der Waals surface area contributed by atoms with Crippen molar-refractivity contribution in [3.63, 3.8) is 0 Å². The molecular weight excluding hydrogens is 340 g/mol. The van der Waals surface area contributed by atoms with E-state index in [1.165, 1.54) is 0 Å². The van der Waals surface area contributed by atoms with Gasteiger partial charge < -0.3 is 0 Å². The Bertz CT molecular complexity index is 494. The molecule has 0 fully saturated rings. The van der Waals surface area contributed by atoms with Crippen LogP contribution in [0.4, 0.5) is 0 Å². The fourth-order valence-corrected chi connectivity index (χ4v) is 1.08. The van der Waals surface area contributed by atoms with Gasteiger partial charge in [-0.05, 0) is 0 Å². The Balaban J connectivity index is -0.0000000923. The Morgan fingerprint density at radius 3 is 1.65 bits per heavy atom. The molecule has 23 heavy (non-hydrogen) atoms. The van der Waals surface area contributed by atoms with Crippen molar-refractivity contribution in [1.82, 2.24) is 0 Å². The van der Waals surface area contributed by atoms with Crippen LogP contribution in [0.2, 0.25) is 0 Å². The minimum absolute atomic E-state index is 0.645. The molecule has 1 rings (SSSR count). The summed E-state index contributed by atoms with van der Waals surface area (Å²) in [6.45, 7) is 25.1. The number of hydrogen-bond acceptors (Lipinski definition) is 1. The van der Waals surface area contributed by atoms with Crippen molar-refractivity contribution in [2.24, 2.45) is 0 Å². The Kier molecular flexibility index (Phi) is 60.7. The summed E-state index contributed by atoms with van der Waals surface area (Å²) in [7, 11) is 0. The number of ether oxygens (including phenoxy) is 1. The van der Waals surface area contributed by atoms with Crippen LogP contribution in [0.5, 0.6) is 0 Å². The second-order valence-electron chi connectivity index (χ2n) is 2.34. The van der Waals surface area contributed by atoms with Crippen molar-refractivity contribution in [3.05, 3.63) is 69.1 Å². The average molecular weight is 350 g/mol. The maximum atomic E-state index is 7.50. The summed E-state index contributed by atoms with van der Waals surface area (Å²) in [6.07, 6.45) is 0. The van der Waals surface area contributed by atoms with Crippen LogP contribution in [0.3, 0.4) is 0 Å².